The molecule has 60 valence electrons. The summed E-state index contributed by atoms with van der Waals surface area (Å²) in [6.45, 7) is 0.562. The van der Waals surface area contributed by atoms with Gasteiger partial charge >= 0.3 is 0 Å². The van der Waals surface area contributed by atoms with Gasteiger partial charge in [0.2, 0.25) is 0 Å². The van der Waals surface area contributed by atoms with Gasteiger partial charge in [-0.05, 0) is 0 Å². The van der Waals surface area contributed by atoms with Crippen LogP contribution in [0.1, 0.15) is 0 Å². The van der Waals surface area contributed by atoms with E-state index in [9.17, 15) is 0 Å². The van der Waals surface area contributed by atoms with Crippen molar-refractivity contribution in [1.29, 1.82) is 5.41 Å². The van der Waals surface area contributed by atoms with E-state index in [0.29, 0.717) is 0 Å². The van der Waals surface area contributed by atoms with Gasteiger partial charge in [-0.3, -0.25) is 10.3 Å². The third kappa shape index (κ3) is 3.26. The molecule has 0 saturated heterocycles. The summed E-state index contributed by atoms with van der Waals surface area (Å²) in [5.74, 6) is -0.0521. The zero-order valence-corrected chi connectivity index (χ0v) is 6.26. The summed E-state index contributed by atoms with van der Waals surface area (Å²) in [5.41, 5.74) is 5.16. The van der Waals surface area contributed by atoms with E-state index in [1.165, 1.54) is 19.1 Å². The van der Waals surface area contributed by atoms with Gasteiger partial charge in [0.15, 0.2) is 5.96 Å². The van der Waals surface area contributed by atoms with E-state index in [1.807, 2.05) is 0 Å². The topological polar surface area (TPSA) is 71.6 Å². The third-order valence-electron chi connectivity index (χ3n) is 0.911. The van der Waals surface area contributed by atoms with E-state index in [1.54, 1.807) is 0 Å². The molecule has 0 aliphatic rings. The molecule has 3 N–H and O–H groups in total. The zero-order valence-electron chi connectivity index (χ0n) is 6.26. The summed E-state index contributed by atoms with van der Waals surface area (Å²) in [6.07, 6.45) is 0. The van der Waals surface area contributed by atoms with Gasteiger partial charge in [0, 0.05) is 14.2 Å². The first-order valence-electron chi connectivity index (χ1n) is 2.79. The molecule has 0 aromatic rings. The SMILES string of the molecule is COCN(COC)C(=N)N. The standard InChI is InChI=1S/C5H13N3O2/c1-9-3-8(4-10-2)5(6)7/h3-4H2,1-2H3,(H3,6,7). The molecule has 0 unspecified atom stereocenters. The van der Waals surface area contributed by atoms with E-state index in [4.69, 9.17) is 20.6 Å². The molecule has 0 saturated carbocycles. The molecule has 0 rings (SSSR count). The molecule has 5 heteroatoms. The first-order chi connectivity index (χ1) is 4.72. The van der Waals surface area contributed by atoms with Crippen LogP contribution in [-0.2, 0) is 9.47 Å². The average molecular weight is 147 g/mol. The van der Waals surface area contributed by atoms with Crippen molar-refractivity contribution < 1.29 is 9.47 Å². The van der Waals surface area contributed by atoms with Crippen LogP contribution in [0.25, 0.3) is 0 Å². The Morgan fingerprint density at radius 3 is 2.00 bits per heavy atom. The van der Waals surface area contributed by atoms with E-state index < -0.39 is 0 Å². The minimum atomic E-state index is -0.0521. The Labute approximate surface area is 60.2 Å². The number of hydrogen-bond donors (Lipinski definition) is 2. The predicted molar refractivity (Wildman–Crippen MR) is 37.5 cm³/mol. The number of nitrogens with one attached hydrogen (secondary N) is 1. The molecule has 0 aliphatic carbocycles. The van der Waals surface area contributed by atoms with Crippen LogP contribution in [-0.4, -0.2) is 38.5 Å². The Balaban J connectivity index is 3.61. The first kappa shape index (κ1) is 9.19. The van der Waals surface area contributed by atoms with Crippen LogP contribution in [0.4, 0.5) is 0 Å². The highest BCUT2D eigenvalue weighted by molar-refractivity contribution is 5.74. The van der Waals surface area contributed by atoms with Crippen LogP contribution < -0.4 is 5.73 Å². The second-order valence-corrected chi connectivity index (χ2v) is 1.76. The monoisotopic (exact) mass is 147 g/mol. The minimum absolute atomic E-state index is 0.0521. The van der Waals surface area contributed by atoms with Crippen LogP contribution >= 0.6 is 0 Å². The van der Waals surface area contributed by atoms with Crippen molar-refractivity contribution in [3.63, 3.8) is 0 Å². The Bertz CT molecular complexity index is 101. The lowest BCUT2D eigenvalue weighted by atomic mass is 10.8. The highest BCUT2D eigenvalue weighted by Gasteiger charge is 2.02. The Kier molecular flexibility index (Phi) is 4.61. The quantitative estimate of drug-likeness (QED) is 0.316. The summed E-state index contributed by atoms with van der Waals surface area (Å²) in [5, 5.41) is 7.00. The average Bonchev–Trinajstić information content (AvgIpc) is 1.87. The van der Waals surface area contributed by atoms with Crippen LogP contribution in [0.5, 0.6) is 0 Å². The number of nitrogens with zero attached hydrogens (tertiary/aromatic N) is 1. The van der Waals surface area contributed by atoms with Crippen molar-refractivity contribution in [2.45, 2.75) is 0 Å². The summed E-state index contributed by atoms with van der Waals surface area (Å²) in [6, 6.07) is 0. The summed E-state index contributed by atoms with van der Waals surface area (Å²) >= 11 is 0. The third-order valence-corrected chi connectivity index (χ3v) is 0.911. The lowest BCUT2D eigenvalue weighted by molar-refractivity contribution is 0.0303. The number of guanidine groups is 1. The van der Waals surface area contributed by atoms with Gasteiger partial charge in [-0.2, -0.15) is 0 Å². The van der Waals surface area contributed by atoms with Crippen molar-refractivity contribution in [2.24, 2.45) is 5.73 Å². The fraction of sp³-hybridized carbons (Fsp3) is 0.800. The smallest absolute Gasteiger partial charge is 0.192 e. The molecule has 0 spiro atoms. The molecule has 0 radical (unpaired) electrons. The van der Waals surface area contributed by atoms with Crippen molar-refractivity contribution in [2.75, 3.05) is 27.7 Å². The number of hydrogen-bond acceptors (Lipinski definition) is 3. The molecule has 5 nitrogen and oxygen atoms in total. The fourth-order valence-corrected chi connectivity index (χ4v) is 0.488. The lowest BCUT2D eigenvalue weighted by Crippen LogP contribution is -2.39. The number of rotatable bonds is 4. The second-order valence-electron chi connectivity index (χ2n) is 1.76. The summed E-state index contributed by atoms with van der Waals surface area (Å²) in [4.78, 5) is 1.44. The van der Waals surface area contributed by atoms with Crippen molar-refractivity contribution in [3.8, 4) is 0 Å². The Morgan fingerprint density at radius 1 is 1.40 bits per heavy atom. The van der Waals surface area contributed by atoms with E-state index in [0.717, 1.165) is 0 Å². The van der Waals surface area contributed by atoms with Crippen molar-refractivity contribution in [1.82, 2.24) is 4.90 Å². The van der Waals surface area contributed by atoms with Crippen LogP contribution in [0, 0.1) is 5.41 Å². The van der Waals surface area contributed by atoms with Gasteiger partial charge in [-0.1, -0.05) is 0 Å². The molecule has 0 amide bonds. The maximum absolute atomic E-state index is 7.00. The highest BCUT2D eigenvalue weighted by Crippen LogP contribution is 1.85. The molecular formula is C5H13N3O2. The number of nitrogens with two attached hydrogens (primary N) is 1. The summed E-state index contributed by atoms with van der Waals surface area (Å²) < 4.78 is 9.49. The van der Waals surface area contributed by atoms with Gasteiger partial charge < -0.3 is 15.2 Å². The largest absolute Gasteiger partial charge is 0.370 e. The van der Waals surface area contributed by atoms with Crippen LogP contribution in [0.3, 0.4) is 0 Å². The molecule has 0 heterocycles. The van der Waals surface area contributed by atoms with E-state index in [-0.39, 0.29) is 19.4 Å². The minimum Gasteiger partial charge on any atom is -0.370 e. The second kappa shape index (κ2) is 5.01. The highest BCUT2D eigenvalue weighted by atomic mass is 16.5. The van der Waals surface area contributed by atoms with E-state index in [2.05, 4.69) is 0 Å². The van der Waals surface area contributed by atoms with Crippen LogP contribution in [0.2, 0.25) is 0 Å². The normalized spacial score (nSPS) is 9.40. The van der Waals surface area contributed by atoms with Crippen molar-refractivity contribution >= 4 is 5.96 Å². The molecule has 0 aromatic carbocycles. The molecule has 0 aliphatic heterocycles. The lowest BCUT2D eigenvalue weighted by Gasteiger charge is -2.19. The molecule has 0 atom stereocenters. The molecular weight excluding hydrogens is 134 g/mol. The molecule has 0 bridgehead atoms. The van der Waals surface area contributed by atoms with Gasteiger partial charge in [0.25, 0.3) is 0 Å². The van der Waals surface area contributed by atoms with Crippen molar-refractivity contribution in [3.05, 3.63) is 0 Å². The molecule has 0 fully saturated rings. The predicted octanol–water partition coefficient (Wildman–Crippen LogP) is -0.610. The first-order valence-corrected chi connectivity index (χ1v) is 2.79. The Hall–Kier alpha value is -0.810. The van der Waals surface area contributed by atoms with Gasteiger partial charge in [-0.15, -0.1) is 0 Å². The number of methoxy groups -OCH3 is 2. The summed E-state index contributed by atoms with van der Waals surface area (Å²) in [7, 11) is 3.07. The van der Waals surface area contributed by atoms with Gasteiger partial charge in [0.05, 0.1) is 0 Å². The number of ether oxygens (including phenoxy) is 2. The maximum atomic E-state index is 7.00. The fourth-order valence-electron chi connectivity index (χ4n) is 0.488. The van der Waals surface area contributed by atoms with E-state index >= 15 is 0 Å². The van der Waals surface area contributed by atoms with Crippen LogP contribution in [0.15, 0.2) is 0 Å². The molecule has 0 aromatic heterocycles. The molecule has 10 heavy (non-hydrogen) atoms. The van der Waals surface area contributed by atoms with Gasteiger partial charge in [-0.25, -0.2) is 0 Å². The maximum Gasteiger partial charge on any atom is 0.192 e. The zero-order chi connectivity index (χ0) is 7.98. The van der Waals surface area contributed by atoms with Gasteiger partial charge in [0.1, 0.15) is 13.5 Å². The Morgan fingerprint density at radius 2 is 1.80 bits per heavy atom.